The molecular formula is C12H16BrNOS. The number of hydrogen-bond acceptors (Lipinski definition) is 2. The Balaban J connectivity index is 2.57. The highest BCUT2D eigenvalue weighted by molar-refractivity contribution is 9.10. The molecule has 4 heteroatoms. The summed E-state index contributed by atoms with van der Waals surface area (Å²) in [7, 11) is 0. The Bertz CT molecular complexity index is 368. The lowest BCUT2D eigenvalue weighted by molar-refractivity contribution is 0.304. The molecule has 1 aromatic rings. The summed E-state index contributed by atoms with van der Waals surface area (Å²) < 4.78 is 6.54. The van der Waals surface area contributed by atoms with E-state index in [0.29, 0.717) is 4.99 Å². The van der Waals surface area contributed by atoms with Crippen LogP contribution in [0.4, 0.5) is 0 Å². The fraction of sp³-hybridized carbons (Fsp3) is 0.417. The van der Waals surface area contributed by atoms with Crippen LogP contribution in [0, 0.1) is 0 Å². The Labute approximate surface area is 110 Å². The van der Waals surface area contributed by atoms with Crippen molar-refractivity contribution in [1.29, 1.82) is 0 Å². The van der Waals surface area contributed by atoms with Crippen molar-refractivity contribution in [1.82, 2.24) is 0 Å². The molecular weight excluding hydrogens is 286 g/mol. The summed E-state index contributed by atoms with van der Waals surface area (Å²) in [6, 6.07) is 5.66. The molecule has 16 heavy (non-hydrogen) atoms. The maximum absolute atomic E-state index is 5.64. The fourth-order valence-corrected chi connectivity index (χ4v) is 1.93. The summed E-state index contributed by atoms with van der Waals surface area (Å²) >= 11 is 8.35. The van der Waals surface area contributed by atoms with Crippen LogP contribution in [0.15, 0.2) is 22.7 Å². The highest BCUT2D eigenvalue weighted by Gasteiger charge is 2.03. The second-order valence-electron chi connectivity index (χ2n) is 3.57. The second-order valence-corrected chi connectivity index (χ2v) is 4.86. The van der Waals surface area contributed by atoms with Gasteiger partial charge in [-0.25, -0.2) is 0 Å². The highest BCUT2D eigenvalue weighted by Crippen LogP contribution is 2.26. The van der Waals surface area contributed by atoms with Crippen molar-refractivity contribution in [3.8, 4) is 5.75 Å². The zero-order valence-electron chi connectivity index (χ0n) is 9.33. The molecule has 0 bridgehead atoms. The summed E-state index contributed by atoms with van der Waals surface area (Å²) in [5.41, 5.74) is 6.39. The Kier molecular flexibility index (Phi) is 5.77. The van der Waals surface area contributed by atoms with Gasteiger partial charge in [-0.15, -0.1) is 0 Å². The average Bonchev–Trinajstić information content (AvgIpc) is 2.26. The number of ether oxygens (including phenoxy) is 1. The van der Waals surface area contributed by atoms with Gasteiger partial charge in [0.1, 0.15) is 10.7 Å². The van der Waals surface area contributed by atoms with Crippen LogP contribution >= 0.6 is 28.1 Å². The van der Waals surface area contributed by atoms with Gasteiger partial charge in [0, 0.05) is 5.56 Å². The normalized spacial score (nSPS) is 10.1. The van der Waals surface area contributed by atoms with E-state index in [4.69, 9.17) is 22.7 Å². The van der Waals surface area contributed by atoms with E-state index in [1.165, 1.54) is 12.8 Å². The van der Waals surface area contributed by atoms with Gasteiger partial charge in [0.05, 0.1) is 11.1 Å². The predicted octanol–water partition coefficient (Wildman–Crippen LogP) is 3.65. The van der Waals surface area contributed by atoms with Gasteiger partial charge in [-0.1, -0.05) is 32.0 Å². The van der Waals surface area contributed by atoms with E-state index in [1.807, 2.05) is 18.2 Å². The van der Waals surface area contributed by atoms with Crippen molar-refractivity contribution in [3.63, 3.8) is 0 Å². The Hall–Kier alpha value is -0.610. The smallest absolute Gasteiger partial charge is 0.133 e. The van der Waals surface area contributed by atoms with Crippen LogP contribution in [-0.2, 0) is 0 Å². The third-order valence-corrected chi connectivity index (χ3v) is 3.08. The Morgan fingerprint density at radius 1 is 1.44 bits per heavy atom. The summed E-state index contributed by atoms with van der Waals surface area (Å²) in [4.78, 5) is 0.401. The van der Waals surface area contributed by atoms with Crippen molar-refractivity contribution in [3.05, 3.63) is 28.2 Å². The van der Waals surface area contributed by atoms with Gasteiger partial charge in [0.25, 0.3) is 0 Å². The second kappa shape index (κ2) is 6.86. The Morgan fingerprint density at radius 3 is 2.75 bits per heavy atom. The molecule has 0 spiro atoms. The molecule has 0 heterocycles. The van der Waals surface area contributed by atoms with Crippen LogP contribution in [0.1, 0.15) is 31.7 Å². The van der Waals surface area contributed by atoms with Crippen molar-refractivity contribution < 1.29 is 4.74 Å². The van der Waals surface area contributed by atoms with Gasteiger partial charge in [-0.3, -0.25) is 0 Å². The number of halogens is 1. The zero-order chi connectivity index (χ0) is 12.0. The molecule has 0 unspecified atom stereocenters. The quantitative estimate of drug-likeness (QED) is 0.643. The van der Waals surface area contributed by atoms with Gasteiger partial charge >= 0.3 is 0 Å². The zero-order valence-corrected chi connectivity index (χ0v) is 11.7. The van der Waals surface area contributed by atoms with Crippen molar-refractivity contribution in [2.45, 2.75) is 26.2 Å². The van der Waals surface area contributed by atoms with Gasteiger partial charge in [-0.2, -0.15) is 0 Å². The first kappa shape index (κ1) is 13.5. The third kappa shape index (κ3) is 4.10. The lowest BCUT2D eigenvalue weighted by Crippen LogP contribution is -2.09. The van der Waals surface area contributed by atoms with E-state index < -0.39 is 0 Å². The molecule has 1 rings (SSSR count). The van der Waals surface area contributed by atoms with E-state index in [1.54, 1.807) is 0 Å². The maximum Gasteiger partial charge on any atom is 0.133 e. The minimum Gasteiger partial charge on any atom is -0.492 e. The van der Waals surface area contributed by atoms with Crippen LogP contribution < -0.4 is 10.5 Å². The number of rotatable bonds is 6. The number of unbranched alkanes of at least 4 members (excludes halogenated alkanes) is 2. The minimum atomic E-state index is 0.401. The van der Waals surface area contributed by atoms with Crippen LogP contribution in [-0.4, -0.2) is 11.6 Å². The molecule has 0 saturated carbocycles. The summed E-state index contributed by atoms with van der Waals surface area (Å²) in [5.74, 6) is 0.844. The molecule has 0 aliphatic rings. The van der Waals surface area contributed by atoms with Crippen LogP contribution in [0.2, 0.25) is 0 Å². The molecule has 88 valence electrons. The topological polar surface area (TPSA) is 35.2 Å². The highest BCUT2D eigenvalue weighted by atomic mass is 79.9. The van der Waals surface area contributed by atoms with Gasteiger partial charge in [0.15, 0.2) is 0 Å². The largest absolute Gasteiger partial charge is 0.492 e. The number of nitrogens with two attached hydrogens (primary N) is 1. The molecule has 0 radical (unpaired) electrons. The SMILES string of the molecule is CCCCCOc1ccc(C(N)=S)cc1Br. The molecule has 0 amide bonds. The average molecular weight is 302 g/mol. The van der Waals surface area contributed by atoms with Crippen LogP contribution in [0.3, 0.4) is 0 Å². The van der Waals surface area contributed by atoms with E-state index >= 15 is 0 Å². The van der Waals surface area contributed by atoms with Gasteiger partial charge < -0.3 is 10.5 Å². The first-order valence-corrected chi connectivity index (χ1v) is 6.57. The molecule has 2 N–H and O–H groups in total. The molecule has 0 aliphatic carbocycles. The van der Waals surface area contributed by atoms with E-state index in [9.17, 15) is 0 Å². The number of hydrogen-bond donors (Lipinski definition) is 1. The van der Waals surface area contributed by atoms with E-state index in [0.717, 1.165) is 28.8 Å². The molecule has 0 saturated heterocycles. The first-order chi connectivity index (χ1) is 7.65. The lowest BCUT2D eigenvalue weighted by Gasteiger charge is -2.09. The summed E-state index contributed by atoms with van der Waals surface area (Å²) in [5, 5.41) is 0. The minimum absolute atomic E-state index is 0.401. The number of benzene rings is 1. The van der Waals surface area contributed by atoms with Crippen molar-refractivity contribution in [2.24, 2.45) is 5.73 Å². The molecule has 1 aromatic carbocycles. The van der Waals surface area contributed by atoms with Crippen molar-refractivity contribution in [2.75, 3.05) is 6.61 Å². The number of thiocarbonyl (C=S) groups is 1. The third-order valence-electron chi connectivity index (χ3n) is 2.22. The molecule has 0 aromatic heterocycles. The lowest BCUT2D eigenvalue weighted by atomic mass is 10.2. The fourth-order valence-electron chi connectivity index (χ4n) is 1.31. The Morgan fingerprint density at radius 2 is 2.19 bits per heavy atom. The first-order valence-electron chi connectivity index (χ1n) is 5.37. The molecule has 2 nitrogen and oxygen atoms in total. The predicted molar refractivity (Wildman–Crippen MR) is 75.0 cm³/mol. The standard InChI is InChI=1S/C12H16BrNOS/c1-2-3-4-7-15-11-6-5-9(12(14)16)8-10(11)13/h5-6,8H,2-4,7H2,1H3,(H2,14,16). The van der Waals surface area contributed by atoms with Crippen molar-refractivity contribution >= 4 is 33.1 Å². The summed E-state index contributed by atoms with van der Waals surface area (Å²) in [6.45, 7) is 2.92. The van der Waals surface area contributed by atoms with Crippen LogP contribution in [0.25, 0.3) is 0 Å². The van der Waals surface area contributed by atoms with E-state index in [2.05, 4.69) is 22.9 Å². The van der Waals surface area contributed by atoms with Gasteiger partial charge in [-0.05, 0) is 40.5 Å². The van der Waals surface area contributed by atoms with E-state index in [-0.39, 0.29) is 0 Å². The molecule has 0 aliphatic heterocycles. The molecule has 0 atom stereocenters. The monoisotopic (exact) mass is 301 g/mol. The van der Waals surface area contributed by atoms with Gasteiger partial charge in [0.2, 0.25) is 0 Å². The molecule has 0 fully saturated rings. The summed E-state index contributed by atoms with van der Waals surface area (Å²) in [6.07, 6.45) is 3.48. The maximum atomic E-state index is 5.64. The van der Waals surface area contributed by atoms with Crippen LogP contribution in [0.5, 0.6) is 5.75 Å².